The van der Waals surface area contributed by atoms with Crippen molar-refractivity contribution in [3.05, 3.63) is 77.8 Å². The van der Waals surface area contributed by atoms with E-state index in [4.69, 9.17) is 55.9 Å². The Balaban J connectivity index is 1.63. The molecule has 39 heavy (non-hydrogen) atoms. The molecule has 0 spiro atoms. The molecule has 0 heterocycles. The molecule has 0 aromatic heterocycles. The number of carbonyl (C=O) groups excluding carboxylic acids is 3. The molecule has 0 unspecified atom stereocenters. The number of ether oxygens (including phenoxy) is 2. The van der Waals surface area contributed by atoms with E-state index in [1.54, 1.807) is 43.3 Å². The molecule has 3 rings (SSSR count). The fourth-order valence-electron chi connectivity index (χ4n) is 2.98. The number of carbonyl (C=O) groups is 3. The summed E-state index contributed by atoms with van der Waals surface area (Å²) in [6, 6.07) is 12.6. The van der Waals surface area contributed by atoms with Crippen LogP contribution in [0.2, 0.25) is 20.1 Å². The third-order valence-electron chi connectivity index (χ3n) is 4.67. The van der Waals surface area contributed by atoms with Crippen LogP contribution in [0.25, 0.3) is 0 Å². The predicted octanol–water partition coefficient (Wildman–Crippen LogP) is 6.41. The van der Waals surface area contributed by atoms with E-state index in [1.165, 1.54) is 18.3 Å². The lowest BCUT2D eigenvalue weighted by atomic mass is 10.2. The van der Waals surface area contributed by atoms with Gasteiger partial charge in [-0.05, 0) is 77.5 Å². The van der Waals surface area contributed by atoms with Crippen LogP contribution in [0.3, 0.4) is 0 Å². The minimum Gasteiger partial charge on any atom is -0.490 e. The van der Waals surface area contributed by atoms with E-state index in [0.717, 1.165) is 0 Å². The molecule has 0 atom stereocenters. The summed E-state index contributed by atoms with van der Waals surface area (Å²) >= 11 is 25.9. The van der Waals surface area contributed by atoms with Crippen molar-refractivity contribution in [3.8, 4) is 11.5 Å². The Hall–Kier alpha value is -2.77. The number of nitrogens with one attached hydrogen (secondary N) is 3. The van der Waals surface area contributed by atoms with E-state index in [-0.39, 0.29) is 22.3 Å². The van der Waals surface area contributed by atoms with Gasteiger partial charge in [0.25, 0.3) is 5.91 Å². The topological polar surface area (TPSA) is 118 Å². The van der Waals surface area contributed by atoms with Crippen LogP contribution >= 0.6 is 69.0 Å². The van der Waals surface area contributed by atoms with Crippen molar-refractivity contribution >= 4 is 104 Å². The molecule has 0 bridgehead atoms. The van der Waals surface area contributed by atoms with E-state index in [9.17, 15) is 14.4 Å². The number of hydrazone groups is 1. The number of benzene rings is 3. The molecule has 0 saturated heterocycles. The lowest BCUT2D eigenvalue weighted by Gasteiger charge is -2.15. The van der Waals surface area contributed by atoms with Gasteiger partial charge in [0.1, 0.15) is 0 Å². The van der Waals surface area contributed by atoms with E-state index < -0.39 is 17.7 Å². The van der Waals surface area contributed by atoms with Gasteiger partial charge in [-0.25, -0.2) is 5.43 Å². The number of hydrogen-bond donors (Lipinski definition) is 3. The highest BCUT2D eigenvalue weighted by Gasteiger charge is 2.17. The molecule has 3 aromatic carbocycles. The summed E-state index contributed by atoms with van der Waals surface area (Å²) in [4.78, 5) is 36.7. The second-order valence-corrected chi connectivity index (χ2v) is 10.3. The second-order valence-electron chi connectivity index (χ2n) is 7.48. The van der Waals surface area contributed by atoms with Crippen LogP contribution in [0.1, 0.15) is 12.5 Å². The summed E-state index contributed by atoms with van der Waals surface area (Å²) in [7, 11) is 0. The molecule has 0 aliphatic carbocycles. The van der Waals surface area contributed by atoms with Gasteiger partial charge in [0, 0.05) is 5.02 Å². The zero-order valence-corrected chi connectivity index (χ0v) is 25.2. The van der Waals surface area contributed by atoms with Gasteiger partial charge < -0.3 is 20.1 Å². The summed E-state index contributed by atoms with van der Waals surface area (Å²) in [6.07, 6.45) is 1.32. The van der Waals surface area contributed by atoms with Crippen LogP contribution in [0, 0.1) is 3.57 Å². The van der Waals surface area contributed by atoms with Crippen molar-refractivity contribution in [3.63, 3.8) is 0 Å². The van der Waals surface area contributed by atoms with Crippen molar-refractivity contribution in [2.24, 2.45) is 5.10 Å². The molecule has 9 nitrogen and oxygen atoms in total. The van der Waals surface area contributed by atoms with Gasteiger partial charge in [-0.3, -0.25) is 14.4 Å². The first-order valence-electron chi connectivity index (χ1n) is 11.0. The summed E-state index contributed by atoms with van der Waals surface area (Å²) < 4.78 is 12.0. The maximum absolute atomic E-state index is 12.4. The predicted molar refractivity (Wildman–Crippen MR) is 162 cm³/mol. The summed E-state index contributed by atoms with van der Waals surface area (Å²) in [6.45, 7) is 1.80. The van der Waals surface area contributed by atoms with Gasteiger partial charge in [0.15, 0.2) is 18.1 Å². The van der Waals surface area contributed by atoms with Crippen LogP contribution in [0.4, 0.5) is 11.4 Å². The van der Waals surface area contributed by atoms with Crippen molar-refractivity contribution in [1.29, 1.82) is 0 Å². The number of anilines is 2. The van der Waals surface area contributed by atoms with Gasteiger partial charge >= 0.3 is 11.8 Å². The number of hydrogen-bond acceptors (Lipinski definition) is 6. The second kappa shape index (κ2) is 14.6. The Kier molecular flexibility index (Phi) is 11.5. The molecule has 0 saturated carbocycles. The van der Waals surface area contributed by atoms with Gasteiger partial charge in [0.2, 0.25) is 0 Å². The van der Waals surface area contributed by atoms with Crippen molar-refractivity contribution in [2.75, 3.05) is 23.8 Å². The van der Waals surface area contributed by atoms with Crippen molar-refractivity contribution in [1.82, 2.24) is 5.43 Å². The maximum atomic E-state index is 12.4. The first kappa shape index (κ1) is 30.8. The fraction of sp³-hybridized carbons (Fsp3) is 0.120. The third-order valence-corrected chi connectivity index (χ3v) is 6.84. The maximum Gasteiger partial charge on any atom is 0.329 e. The SMILES string of the molecule is CCOc1cc(/C=N\NC(=O)C(=O)Nc2cccc(Cl)c2Cl)cc(I)c1OCC(=O)Nc1ccc(Cl)cc1Cl. The van der Waals surface area contributed by atoms with Crippen LogP contribution in [0.5, 0.6) is 11.5 Å². The highest BCUT2D eigenvalue weighted by molar-refractivity contribution is 14.1. The number of amides is 3. The Morgan fingerprint density at radius 3 is 2.41 bits per heavy atom. The molecular formula is C25H19Cl4IN4O5. The average molecular weight is 724 g/mol. The minimum absolute atomic E-state index is 0.107. The zero-order valence-electron chi connectivity index (χ0n) is 20.0. The Labute approximate surface area is 257 Å². The first-order chi connectivity index (χ1) is 18.6. The fourth-order valence-corrected chi connectivity index (χ4v) is 4.56. The highest BCUT2D eigenvalue weighted by Crippen LogP contribution is 2.34. The molecule has 3 amide bonds. The monoisotopic (exact) mass is 722 g/mol. The Bertz CT molecular complexity index is 1440. The average Bonchev–Trinajstić information content (AvgIpc) is 2.88. The molecule has 0 aliphatic heterocycles. The van der Waals surface area contributed by atoms with Crippen LogP contribution in [-0.2, 0) is 14.4 Å². The van der Waals surface area contributed by atoms with Gasteiger partial charge in [-0.1, -0.05) is 52.5 Å². The largest absolute Gasteiger partial charge is 0.490 e. The molecular weight excluding hydrogens is 705 g/mol. The van der Waals surface area contributed by atoms with Gasteiger partial charge in [0.05, 0.1) is 42.8 Å². The summed E-state index contributed by atoms with van der Waals surface area (Å²) in [5.74, 6) is -1.75. The standard InChI is InChI=1S/C25H19Cl4IN4O5/c1-2-38-20-9-13(11-31-34-25(37)24(36)33-19-5-3-4-15(27)22(19)29)8-17(30)23(20)39-12-21(35)32-18-7-6-14(26)10-16(18)28/h3-11H,2,12H2,1H3,(H,32,35)(H,33,36)(H,34,37)/b31-11-. The van der Waals surface area contributed by atoms with E-state index in [0.29, 0.717) is 43.0 Å². The lowest BCUT2D eigenvalue weighted by molar-refractivity contribution is -0.136. The van der Waals surface area contributed by atoms with E-state index >= 15 is 0 Å². The van der Waals surface area contributed by atoms with Gasteiger partial charge in [-0.15, -0.1) is 0 Å². The third kappa shape index (κ3) is 8.87. The van der Waals surface area contributed by atoms with Crippen LogP contribution in [0.15, 0.2) is 53.6 Å². The number of nitrogens with zero attached hydrogens (tertiary/aromatic N) is 1. The molecule has 3 N–H and O–H groups in total. The number of rotatable bonds is 9. The molecule has 0 aliphatic rings. The van der Waals surface area contributed by atoms with Crippen LogP contribution < -0.4 is 25.5 Å². The molecule has 204 valence electrons. The normalized spacial score (nSPS) is 10.7. The summed E-state index contributed by atoms with van der Waals surface area (Å²) in [5.41, 5.74) is 3.25. The Morgan fingerprint density at radius 2 is 1.69 bits per heavy atom. The zero-order chi connectivity index (χ0) is 28.5. The number of halogens is 5. The molecule has 0 fully saturated rings. The molecule has 3 aromatic rings. The Morgan fingerprint density at radius 1 is 0.923 bits per heavy atom. The van der Waals surface area contributed by atoms with E-state index in [2.05, 4.69) is 21.2 Å². The molecule has 14 heteroatoms. The first-order valence-corrected chi connectivity index (χ1v) is 13.6. The lowest BCUT2D eigenvalue weighted by Crippen LogP contribution is -2.32. The summed E-state index contributed by atoms with van der Waals surface area (Å²) in [5, 5.41) is 9.91. The quantitative estimate of drug-likeness (QED) is 0.102. The van der Waals surface area contributed by atoms with E-state index in [1.807, 2.05) is 22.6 Å². The van der Waals surface area contributed by atoms with Crippen molar-refractivity contribution < 1.29 is 23.9 Å². The molecule has 0 radical (unpaired) electrons. The van der Waals surface area contributed by atoms with Crippen LogP contribution in [-0.4, -0.2) is 37.1 Å². The smallest absolute Gasteiger partial charge is 0.329 e. The van der Waals surface area contributed by atoms with Crippen molar-refractivity contribution in [2.45, 2.75) is 6.92 Å². The highest BCUT2D eigenvalue weighted by atomic mass is 127. The van der Waals surface area contributed by atoms with Gasteiger partial charge in [-0.2, -0.15) is 5.10 Å². The minimum atomic E-state index is -1.02.